The molecule has 0 amide bonds. The number of rotatable bonds is 10. The smallest absolute Gasteiger partial charge is 0.321 e. The molecular weight excluding hydrogens is 477 g/mol. The Morgan fingerprint density at radius 1 is 1.16 bits per heavy atom. The van der Waals surface area contributed by atoms with Crippen LogP contribution >= 0.6 is 0 Å². The molecule has 2 aromatic rings. The van der Waals surface area contributed by atoms with Crippen molar-refractivity contribution < 1.29 is 14.3 Å². The van der Waals surface area contributed by atoms with Gasteiger partial charge in [0.25, 0.3) is 0 Å². The lowest BCUT2D eigenvalue weighted by Gasteiger charge is -2.35. The van der Waals surface area contributed by atoms with Gasteiger partial charge < -0.3 is 10.0 Å². The summed E-state index contributed by atoms with van der Waals surface area (Å²) in [6, 6.07) is 14.8. The Kier molecular flexibility index (Phi) is 9.57. The molecule has 2 aliphatic rings. The van der Waals surface area contributed by atoms with Crippen LogP contribution < -0.4 is 0 Å². The Bertz CT molecular complexity index is 1140. The molecule has 6 heteroatoms. The monoisotopic (exact) mass is 519 g/mol. The van der Waals surface area contributed by atoms with Crippen molar-refractivity contribution in [3.8, 4) is 6.07 Å². The molecular formula is C32H42FN3O2. The number of likely N-dealkylation sites (tertiary alicyclic amines) is 2. The van der Waals surface area contributed by atoms with Crippen LogP contribution in [0, 0.1) is 41.8 Å². The van der Waals surface area contributed by atoms with Crippen molar-refractivity contribution >= 4 is 5.97 Å². The van der Waals surface area contributed by atoms with Gasteiger partial charge in [-0.1, -0.05) is 44.5 Å². The van der Waals surface area contributed by atoms with Crippen LogP contribution in [0.1, 0.15) is 67.7 Å². The molecule has 4 rings (SSSR count). The number of aliphatic carboxylic acids is 1. The zero-order valence-electron chi connectivity index (χ0n) is 23.1. The lowest BCUT2D eigenvalue weighted by atomic mass is 9.86. The van der Waals surface area contributed by atoms with Gasteiger partial charge in [0, 0.05) is 25.6 Å². The summed E-state index contributed by atoms with van der Waals surface area (Å²) in [5, 5.41) is 19.0. The van der Waals surface area contributed by atoms with E-state index in [0.717, 1.165) is 55.2 Å². The highest BCUT2D eigenvalue weighted by Crippen LogP contribution is 2.36. The number of aryl methyl sites for hydroxylation is 2. The standard InChI is InChI=1S/C32H42FN3O2/c1-22(2)31(32(37)38)36-20-28(30(21-36)26-8-5-9-29(33)17-26)19-35-14-12-24(13-15-35)6-4-7-25-10-11-27(18-34)23(3)16-25/h5,8-11,16-17,22,24,28,30-31H,4,6-7,12-15,19-21H2,1-3H3,(H,37,38). The molecule has 5 nitrogen and oxygen atoms in total. The number of carboxylic acid groups (broad SMARTS) is 1. The summed E-state index contributed by atoms with van der Waals surface area (Å²) in [7, 11) is 0. The van der Waals surface area contributed by atoms with Crippen LogP contribution in [0.4, 0.5) is 4.39 Å². The molecule has 0 aliphatic carbocycles. The summed E-state index contributed by atoms with van der Waals surface area (Å²) in [4.78, 5) is 16.7. The molecule has 2 aromatic carbocycles. The maximum absolute atomic E-state index is 14.1. The molecule has 2 heterocycles. The first kappa shape index (κ1) is 28.3. The summed E-state index contributed by atoms with van der Waals surface area (Å²) in [5.41, 5.74) is 4.12. The lowest BCUT2D eigenvalue weighted by molar-refractivity contribution is -0.144. The van der Waals surface area contributed by atoms with Gasteiger partial charge in [0.1, 0.15) is 11.9 Å². The number of benzene rings is 2. The fourth-order valence-electron chi connectivity index (χ4n) is 6.69. The molecule has 2 aliphatic heterocycles. The Morgan fingerprint density at radius 3 is 2.55 bits per heavy atom. The number of carboxylic acids is 1. The van der Waals surface area contributed by atoms with Crippen molar-refractivity contribution in [2.24, 2.45) is 17.8 Å². The zero-order valence-corrected chi connectivity index (χ0v) is 23.1. The topological polar surface area (TPSA) is 67.6 Å². The number of hydrogen-bond donors (Lipinski definition) is 1. The summed E-state index contributed by atoms with van der Waals surface area (Å²) in [6.07, 6.45) is 5.83. The Hall–Kier alpha value is -2.75. The third kappa shape index (κ3) is 7.01. The van der Waals surface area contributed by atoms with Crippen molar-refractivity contribution in [3.63, 3.8) is 0 Å². The molecule has 204 valence electrons. The van der Waals surface area contributed by atoms with Crippen LogP contribution in [-0.2, 0) is 11.2 Å². The molecule has 38 heavy (non-hydrogen) atoms. The molecule has 0 aromatic heterocycles. The maximum Gasteiger partial charge on any atom is 0.321 e. The number of piperidine rings is 1. The fraction of sp³-hybridized carbons (Fsp3) is 0.562. The normalized spacial score (nSPS) is 22.0. The van der Waals surface area contributed by atoms with E-state index in [-0.39, 0.29) is 23.6 Å². The van der Waals surface area contributed by atoms with Crippen LogP contribution in [0.2, 0.25) is 0 Å². The van der Waals surface area contributed by atoms with Gasteiger partial charge in [0.05, 0.1) is 11.6 Å². The SMILES string of the molecule is Cc1cc(CCCC2CCN(CC3CN(C(C(=O)O)C(C)C)CC3c3cccc(F)c3)CC2)ccc1C#N. The minimum atomic E-state index is -0.768. The Balaban J connectivity index is 1.32. The van der Waals surface area contributed by atoms with E-state index in [0.29, 0.717) is 6.54 Å². The van der Waals surface area contributed by atoms with Crippen molar-refractivity contribution in [1.29, 1.82) is 5.26 Å². The van der Waals surface area contributed by atoms with Gasteiger partial charge in [-0.3, -0.25) is 9.69 Å². The number of carbonyl (C=O) groups is 1. The second kappa shape index (κ2) is 12.9. The van der Waals surface area contributed by atoms with Gasteiger partial charge in [-0.2, -0.15) is 5.26 Å². The van der Waals surface area contributed by atoms with Gasteiger partial charge >= 0.3 is 5.97 Å². The van der Waals surface area contributed by atoms with E-state index in [1.54, 1.807) is 12.1 Å². The summed E-state index contributed by atoms with van der Waals surface area (Å²) >= 11 is 0. The second-order valence-electron chi connectivity index (χ2n) is 11.8. The first-order valence-electron chi connectivity index (χ1n) is 14.2. The summed E-state index contributed by atoms with van der Waals surface area (Å²) in [6.45, 7) is 10.4. The van der Waals surface area contributed by atoms with E-state index in [1.165, 1.54) is 37.3 Å². The van der Waals surface area contributed by atoms with Gasteiger partial charge in [-0.05, 0) is 98.3 Å². The van der Waals surface area contributed by atoms with Gasteiger partial charge in [-0.25, -0.2) is 4.39 Å². The largest absolute Gasteiger partial charge is 0.480 e. The Labute approximate surface area is 227 Å². The van der Waals surface area contributed by atoms with Crippen molar-refractivity contribution in [1.82, 2.24) is 9.80 Å². The second-order valence-corrected chi connectivity index (χ2v) is 11.8. The van der Waals surface area contributed by atoms with E-state index in [9.17, 15) is 14.3 Å². The molecule has 3 unspecified atom stereocenters. The van der Waals surface area contributed by atoms with Crippen molar-refractivity contribution in [3.05, 3.63) is 70.5 Å². The molecule has 0 saturated carbocycles. The molecule has 0 bridgehead atoms. The molecule has 1 N–H and O–H groups in total. The van der Waals surface area contributed by atoms with Crippen LogP contribution in [0.25, 0.3) is 0 Å². The molecule has 0 spiro atoms. The summed E-state index contributed by atoms with van der Waals surface area (Å²) < 4.78 is 14.1. The van der Waals surface area contributed by atoms with E-state index in [1.807, 2.05) is 32.9 Å². The average Bonchev–Trinajstić information content (AvgIpc) is 3.27. The third-order valence-corrected chi connectivity index (χ3v) is 8.71. The van der Waals surface area contributed by atoms with Crippen LogP contribution in [-0.4, -0.2) is 59.6 Å². The Morgan fingerprint density at radius 2 is 1.92 bits per heavy atom. The quantitative estimate of drug-likeness (QED) is 0.426. The lowest BCUT2D eigenvalue weighted by Crippen LogP contribution is -2.44. The molecule has 2 fully saturated rings. The molecule has 0 radical (unpaired) electrons. The van der Waals surface area contributed by atoms with Gasteiger partial charge in [-0.15, -0.1) is 0 Å². The summed E-state index contributed by atoms with van der Waals surface area (Å²) in [5.74, 6) is 0.185. The predicted octanol–water partition coefficient (Wildman–Crippen LogP) is 5.87. The zero-order chi connectivity index (χ0) is 27.2. The first-order valence-corrected chi connectivity index (χ1v) is 14.2. The highest BCUT2D eigenvalue weighted by atomic mass is 19.1. The number of nitrogens with zero attached hydrogens (tertiary/aromatic N) is 3. The molecule has 3 atom stereocenters. The highest BCUT2D eigenvalue weighted by Gasteiger charge is 2.41. The minimum Gasteiger partial charge on any atom is -0.480 e. The number of nitriles is 1. The van der Waals surface area contributed by atoms with E-state index in [2.05, 4.69) is 28.0 Å². The fourth-order valence-corrected chi connectivity index (χ4v) is 6.69. The highest BCUT2D eigenvalue weighted by molar-refractivity contribution is 5.73. The predicted molar refractivity (Wildman–Crippen MR) is 148 cm³/mol. The molecule has 2 saturated heterocycles. The first-order chi connectivity index (χ1) is 18.2. The van der Waals surface area contributed by atoms with Crippen LogP contribution in [0.5, 0.6) is 0 Å². The van der Waals surface area contributed by atoms with E-state index >= 15 is 0 Å². The van der Waals surface area contributed by atoms with Gasteiger partial charge in [0.15, 0.2) is 0 Å². The van der Waals surface area contributed by atoms with E-state index < -0.39 is 12.0 Å². The number of halogens is 1. The maximum atomic E-state index is 14.1. The van der Waals surface area contributed by atoms with Crippen molar-refractivity contribution in [2.75, 3.05) is 32.7 Å². The van der Waals surface area contributed by atoms with Gasteiger partial charge in [0.2, 0.25) is 0 Å². The van der Waals surface area contributed by atoms with Crippen LogP contribution in [0.3, 0.4) is 0 Å². The van der Waals surface area contributed by atoms with Crippen LogP contribution in [0.15, 0.2) is 42.5 Å². The van der Waals surface area contributed by atoms with Crippen molar-refractivity contribution in [2.45, 2.75) is 64.8 Å². The number of hydrogen-bond acceptors (Lipinski definition) is 4. The minimum absolute atomic E-state index is 0.0170. The van der Waals surface area contributed by atoms with E-state index in [4.69, 9.17) is 5.26 Å². The average molecular weight is 520 g/mol. The third-order valence-electron chi connectivity index (χ3n) is 8.71.